The number of hydrogen-bond acceptors (Lipinski definition) is 6. The van der Waals surface area contributed by atoms with E-state index in [4.69, 9.17) is 4.74 Å². The van der Waals surface area contributed by atoms with Gasteiger partial charge in [0.1, 0.15) is 11.7 Å². The number of alkyl carbamates (subject to hydrolysis) is 1. The van der Waals surface area contributed by atoms with Crippen molar-refractivity contribution in [1.82, 2.24) is 5.32 Å². The van der Waals surface area contributed by atoms with Crippen LogP contribution in [0.3, 0.4) is 0 Å². The molecule has 1 aromatic rings. The highest BCUT2D eigenvalue weighted by Gasteiger charge is 2.43. The fraction of sp³-hybridized carbons (Fsp3) is 0.562. The first kappa shape index (κ1) is 19.2. The van der Waals surface area contributed by atoms with Gasteiger partial charge in [-0.1, -0.05) is 6.07 Å². The van der Waals surface area contributed by atoms with Crippen LogP contribution in [0.15, 0.2) is 18.2 Å². The Bertz CT molecular complexity index is 632. The number of benzene rings is 1. The number of carbonyl (C=O) groups is 1. The largest absolute Gasteiger partial charge is 0.586 e. The molecule has 0 radical (unpaired) electrons. The number of carbonyl (C=O) groups excluding carboxylic acids is 1. The van der Waals surface area contributed by atoms with Crippen LogP contribution in [0.5, 0.6) is 11.5 Å². The quantitative estimate of drug-likeness (QED) is 0.745. The molecule has 140 valence electrons. The second kappa shape index (κ2) is 7.01. The highest BCUT2D eigenvalue weighted by Crippen LogP contribution is 2.42. The number of fused-ring (bicyclic) bond motifs is 1. The van der Waals surface area contributed by atoms with E-state index in [0.717, 1.165) is 0 Å². The Morgan fingerprint density at radius 1 is 1.28 bits per heavy atom. The van der Waals surface area contributed by atoms with Gasteiger partial charge in [0.25, 0.3) is 0 Å². The normalized spacial score (nSPS) is 17.7. The molecule has 7 nitrogen and oxygen atoms in total. The van der Waals surface area contributed by atoms with E-state index in [1.165, 1.54) is 18.2 Å². The number of nitrogens with one attached hydrogen (secondary N) is 1. The van der Waals surface area contributed by atoms with Gasteiger partial charge in [0.2, 0.25) is 0 Å². The minimum absolute atomic E-state index is 0.0327. The summed E-state index contributed by atoms with van der Waals surface area (Å²) in [5, 5.41) is 22.6. The molecule has 0 spiro atoms. The summed E-state index contributed by atoms with van der Waals surface area (Å²) in [6.45, 7) is 5.22. The highest BCUT2D eigenvalue weighted by molar-refractivity contribution is 5.67. The molecule has 1 aliphatic heterocycles. The monoisotopic (exact) mass is 361 g/mol. The summed E-state index contributed by atoms with van der Waals surface area (Å²) in [4.78, 5) is 11.5. The van der Waals surface area contributed by atoms with Gasteiger partial charge in [-0.3, -0.25) is 0 Å². The first-order valence-electron chi connectivity index (χ1n) is 7.70. The van der Waals surface area contributed by atoms with Gasteiger partial charge in [-0.15, -0.1) is 8.78 Å². The molecule has 0 fully saturated rings. The number of aliphatic hydroxyl groups is 2. The molecular formula is C16H21F2NO6. The maximum Gasteiger partial charge on any atom is 0.586 e. The standard InChI is InChI=1S/C16H21F2NO6/c1-15(2,3)25-14(22)19-7-6-10(20)13(21)9-4-5-11-12(8-9)24-16(17,18)23-11/h4-5,8,10,13,20-21H,6-7H2,1-3H3,(H,19,22). The summed E-state index contributed by atoms with van der Waals surface area (Å²) in [5.74, 6) is -0.373. The second-order valence-corrected chi connectivity index (χ2v) is 6.60. The SMILES string of the molecule is CC(C)(C)OC(=O)NCCC(O)C(O)c1ccc2c(c1)OC(F)(F)O2. The predicted octanol–water partition coefficient (Wildman–Crippen LogP) is 2.32. The van der Waals surface area contributed by atoms with Crippen molar-refractivity contribution in [2.24, 2.45) is 0 Å². The molecule has 0 bridgehead atoms. The number of aliphatic hydroxyl groups excluding tert-OH is 2. The first-order chi connectivity index (χ1) is 11.5. The summed E-state index contributed by atoms with van der Waals surface area (Å²) >= 11 is 0. The zero-order chi connectivity index (χ0) is 18.8. The van der Waals surface area contributed by atoms with Crippen molar-refractivity contribution in [1.29, 1.82) is 0 Å². The van der Waals surface area contributed by atoms with E-state index in [-0.39, 0.29) is 30.0 Å². The van der Waals surface area contributed by atoms with E-state index in [9.17, 15) is 23.8 Å². The first-order valence-corrected chi connectivity index (χ1v) is 7.70. The van der Waals surface area contributed by atoms with Crippen LogP contribution in [0.4, 0.5) is 13.6 Å². The fourth-order valence-electron chi connectivity index (χ4n) is 2.17. The third kappa shape index (κ3) is 5.43. The van der Waals surface area contributed by atoms with Gasteiger partial charge in [-0.25, -0.2) is 4.79 Å². The van der Waals surface area contributed by atoms with Crippen molar-refractivity contribution in [3.63, 3.8) is 0 Å². The van der Waals surface area contributed by atoms with Gasteiger partial charge in [0.05, 0.1) is 6.10 Å². The molecule has 2 rings (SSSR count). The van der Waals surface area contributed by atoms with E-state index >= 15 is 0 Å². The van der Waals surface area contributed by atoms with E-state index in [0.29, 0.717) is 0 Å². The molecule has 1 aliphatic rings. The van der Waals surface area contributed by atoms with Gasteiger partial charge in [0.15, 0.2) is 11.5 Å². The number of halogens is 2. The number of amides is 1. The summed E-state index contributed by atoms with van der Waals surface area (Å²) in [6.07, 6.45) is -6.92. The van der Waals surface area contributed by atoms with E-state index < -0.39 is 30.2 Å². The van der Waals surface area contributed by atoms with Crippen molar-refractivity contribution >= 4 is 6.09 Å². The molecule has 3 N–H and O–H groups in total. The van der Waals surface area contributed by atoms with Crippen LogP contribution in [0.1, 0.15) is 38.9 Å². The zero-order valence-corrected chi connectivity index (χ0v) is 14.1. The molecule has 1 amide bonds. The minimum atomic E-state index is -3.75. The number of rotatable bonds is 5. The summed E-state index contributed by atoms with van der Waals surface area (Å²) in [5.41, 5.74) is -0.457. The molecule has 0 saturated heterocycles. The Balaban J connectivity index is 1.87. The van der Waals surface area contributed by atoms with Crippen LogP contribution >= 0.6 is 0 Å². The van der Waals surface area contributed by atoms with Crippen LogP contribution in [0.2, 0.25) is 0 Å². The molecule has 9 heteroatoms. The van der Waals surface area contributed by atoms with Crippen LogP contribution in [-0.2, 0) is 4.74 Å². The Hall–Kier alpha value is -2.13. The highest BCUT2D eigenvalue weighted by atomic mass is 19.3. The van der Waals surface area contributed by atoms with Crippen molar-refractivity contribution in [3.05, 3.63) is 23.8 Å². The van der Waals surface area contributed by atoms with Crippen LogP contribution in [0, 0.1) is 0 Å². The topological polar surface area (TPSA) is 97.3 Å². The van der Waals surface area contributed by atoms with Crippen molar-refractivity contribution < 1.29 is 38.0 Å². The molecule has 1 heterocycles. The van der Waals surface area contributed by atoms with Crippen molar-refractivity contribution in [3.8, 4) is 11.5 Å². The smallest absolute Gasteiger partial charge is 0.444 e. The molecule has 25 heavy (non-hydrogen) atoms. The van der Waals surface area contributed by atoms with E-state index in [2.05, 4.69) is 14.8 Å². The Morgan fingerprint density at radius 2 is 1.92 bits per heavy atom. The van der Waals surface area contributed by atoms with Crippen LogP contribution in [-0.4, -0.2) is 40.9 Å². The Labute approximate surface area is 143 Å². The molecule has 1 aromatic carbocycles. The second-order valence-electron chi connectivity index (χ2n) is 6.60. The zero-order valence-electron chi connectivity index (χ0n) is 14.1. The average Bonchev–Trinajstić information content (AvgIpc) is 2.77. The lowest BCUT2D eigenvalue weighted by Gasteiger charge is -2.21. The summed E-state index contributed by atoms with van der Waals surface area (Å²) < 4.78 is 39.6. The van der Waals surface area contributed by atoms with Crippen molar-refractivity contribution in [2.45, 2.75) is 51.3 Å². The molecule has 2 unspecified atom stereocenters. The Morgan fingerprint density at radius 3 is 2.56 bits per heavy atom. The van der Waals surface area contributed by atoms with Gasteiger partial charge < -0.3 is 29.7 Å². The summed E-state index contributed by atoms with van der Waals surface area (Å²) in [6, 6.07) is 3.74. The maximum atomic E-state index is 13.0. The number of ether oxygens (including phenoxy) is 3. The van der Waals surface area contributed by atoms with Crippen molar-refractivity contribution in [2.75, 3.05) is 6.54 Å². The molecule has 0 saturated carbocycles. The number of hydrogen-bond donors (Lipinski definition) is 3. The minimum Gasteiger partial charge on any atom is -0.444 e. The van der Waals surface area contributed by atoms with Gasteiger partial charge in [-0.05, 0) is 44.9 Å². The van der Waals surface area contributed by atoms with Gasteiger partial charge >= 0.3 is 12.4 Å². The van der Waals surface area contributed by atoms with Crippen LogP contribution in [0.25, 0.3) is 0 Å². The van der Waals surface area contributed by atoms with Gasteiger partial charge in [-0.2, -0.15) is 0 Å². The molecule has 2 atom stereocenters. The number of alkyl halides is 2. The van der Waals surface area contributed by atoms with Crippen LogP contribution < -0.4 is 14.8 Å². The molecule has 0 aliphatic carbocycles. The lowest BCUT2D eigenvalue weighted by atomic mass is 10.0. The van der Waals surface area contributed by atoms with E-state index in [1.807, 2.05) is 0 Å². The average molecular weight is 361 g/mol. The van der Waals surface area contributed by atoms with E-state index in [1.54, 1.807) is 20.8 Å². The van der Waals surface area contributed by atoms with Gasteiger partial charge in [0, 0.05) is 6.54 Å². The lowest BCUT2D eigenvalue weighted by Crippen LogP contribution is -2.34. The summed E-state index contributed by atoms with van der Waals surface area (Å²) in [7, 11) is 0. The third-order valence-corrected chi connectivity index (χ3v) is 3.24. The Kier molecular flexibility index (Phi) is 5.38. The predicted molar refractivity (Wildman–Crippen MR) is 82.5 cm³/mol. The molecule has 0 aromatic heterocycles. The third-order valence-electron chi connectivity index (χ3n) is 3.24. The maximum absolute atomic E-state index is 13.0. The molecular weight excluding hydrogens is 340 g/mol. The lowest BCUT2D eigenvalue weighted by molar-refractivity contribution is -0.286. The fourth-order valence-corrected chi connectivity index (χ4v) is 2.17.